The molecular weight excluding hydrogens is 342 g/mol. The van der Waals surface area contributed by atoms with Gasteiger partial charge in [0.25, 0.3) is 0 Å². The molecule has 0 radical (unpaired) electrons. The summed E-state index contributed by atoms with van der Waals surface area (Å²) < 4.78 is 0. The van der Waals surface area contributed by atoms with Crippen LogP contribution < -0.4 is 16.4 Å². The summed E-state index contributed by atoms with van der Waals surface area (Å²) in [5.74, 6) is -0.262. The van der Waals surface area contributed by atoms with Crippen molar-refractivity contribution in [3.8, 4) is 0 Å². The van der Waals surface area contributed by atoms with Crippen LogP contribution in [0.5, 0.6) is 0 Å². The average molecular weight is 367 g/mol. The molecule has 3 heterocycles. The minimum absolute atomic E-state index is 0.0372. The van der Waals surface area contributed by atoms with Crippen molar-refractivity contribution in [3.05, 3.63) is 42.4 Å². The number of aromatic nitrogens is 2. The number of carbonyl (C=O) groups is 1. The fraction of sp³-hybridized carbons (Fsp3) is 0.368. The number of carbonyl (C=O) groups excluding carboxylic acids is 1. The molecule has 1 aliphatic rings. The largest absolute Gasteiger partial charge is 0.397 e. The van der Waals surface area contributed by atoms with Gasteiger partial charge in [-0.1, -0.05) is 6.92 Å². The molecule has 8 heteroatoms. The lowest BCUT2D eigenvalue weighted by molar-refractivity contribution is -0.118. The molecule has 2 aromatic heterocycles. The molecule has 3 rings (SSSR count). The summed E-state index contributed by atoms with van der Waals surface area (Å²) in [5, 5.41) is 7.61. The topological polar surface area (TPSA) is 137 Å². The first-order chi connectivity index (χ1) is 13.0. The monoisotopic (exact) mass is 367 g/mol. The summed E-state index contributed by atoms with van der Waals surface area (Å²) in [4.78, 5) is 26.4. The number of hydrogen-bond acceptors (Lipinski definition) is 6. The van der Waals surface area contributed by atoms with Crippen molar-refractivity contribution < 1.29 is 4.79 Å². The standard InChI is InChI=1S/C19H25N7O/c1-12-11-26(17-5-4-13(21)10-24-17)8-6-15(12)25-18(14(9-20)19(22)27)16-3-2-7-23-16/h2-5,7,9-10,12,14-15,20,23H,6,8,11,21H2,1H3,(H2,22,27). The maximum Gasteiger partial charge on any atom is 0.232 e. The van der Waals surface area contributed by atoms with Crippen molar-refractivity contribution >= 4 is 29.3 Å². The fourth-order valence-corrected chi connectivity index (χ4v) is 3.40. The zero-order chi connectivity index (χ0) is 19.4. The number of nitrogens with two attached hydrogens (primary N) is 2. The van der Waals surface area contributed by atoms with E-state index in [0.29, 0.717) is 11.4 Å². The molecule has 27 heavy (non-hydrogen) atoms. The Hall–Kier alpha value is -3.16. The number of aromatic amines is 1. The van der Waals surface area contributed by atoms with Crippen LogP contribution in [0.2, 0.25) is 0 Å². The molecule has 0 saturated carbocycles. The lowest BCUT2D eigenvalue weighted by atomic mass is 9.92. The van der Waals surface area contributed by atoms with Gasteiger partial charge in [0, 0.05) is 25.5 Å². The number of aliphatic imine (C=N–C) groups is 1. The summed E-state index contributed by atoms with van der Waals surface area (Å²) in [6.45, 7) is 3.74. The third-order valence-electron chi connectivity index (χ3n) is 4.90. The summed E-state index contributed by atoms with van der Waals surface area (Å²) >= 11 is 0. The molecule has 0 aromatic carbocycles. The number of pyridine rings is 1. The van der Waals surface area contributed by atoms with Crippen LogP contribution in [0.25, 0.3) is 0 Å². The van der Waals surface area contributed by atoms with Crippen LogP contribution >= 0.6 is 0 Å². The number of H-pyrrole nitrogens is 1. The van der Waals surface area contributed by atoms with Crippen LogP contribution in [-0.2, 0) is 4.79 Å². The van der Waals surface area contributed by atoms with Crippen molar-refractivity contribution in [2.75, 3.05) is 23.7 Å². The smallest absolute Gasteiger partial charge is 0.232 e. The molecule has 3 atom stereocenters. The van der Waals surface area contributed by atoms with Crippen molar-refractivity contribution in [2.45, 2.75) is 19.4 Å². The first kappa shape index (κ1) is 18.6. The van der Waals surface area contributed by atoms with Crippen LogP contribution in [0.15, 0.2) is 41.7 Å². The van der Waals surface area contributed by atoms with E-state index in [-0.39, 0.29) is 12.0 Å². The number of nitrogen functional groups attached to an aromatic ring is 1. The number of amides is 1. The van der Waals surface area contributed by atoms with E-state index in [4.69, 9.17) is 21.9 Å². The van der Waals surface area contributed by atoms with Gasteiger partial charge in [0.15, 0.2) is 0 Å². The van der Waals surface area contributed by atoms with E-state index in [1.165, 1.54) is 0 Å². The quantitative estimate of drug-likeness (QED) is 0.574. The summed E-state index contributed by atoms with van der Waals surface area (Å²) in [6, 6.07) is 7.49. The SMILES string of the molecule is CC1CN(c2ccc(N)cn2)CCC1N=C(c1ccc[nH]1)C(C=N)C(N)=O. The second kappa shape index (κ2) is 8.03. The highest BCUT2D eigenvalue weighted by atomic mass is 16.1. The van der Waals surface area contributed by atoms with E-state index in [1.54, 1.807) is 12.4 Å². The van der Waals surface area contributed by atoms with Gasteiger partial charge in [-0.05, 0) is 36.6 Å². The molecule has 1 saturated heterocycles. The summed E-state index contributed by atoms with van der Waals surface area (Å²) in [7, 11) is 0. The number of rotatable bonds is 6. The minimum Gasteiger partial charge on any atom is -0.397 e. The van der Waals surface area contributed by atoms with Crippen molar-refractivity contribution in [1.82, 2.24) is 9.97 Å². The molecule has 2 aromatic rings. The lowest BCUT2D eigenvalue weighted by Gasteiger charge is -2.36. The Morgan fingerprint density at radius 3 is 2.85 bits per heavy atom. The number of piperidine rings is 1. The third-order valence-corrected chi connectivity index (χ3v) is 4.90. The predicted octanol–water partition coefficient (Wildman–Crippen LogP) is 1.45. The van der Waals surface area contributed by atoms with Crippen LogP contribution in [0.1, 0.15) is 19.0 Å². The number of hydrogen-bond donors (Lipinski definition) is 4. The second-order valence-corrected chi connectivity index (χ2v) is 6.87. The highest BCUT2D eigenvalue weighted by molar-refractivity contribution is 6.20. The van der Waals surface area contributed by atoms with Gasteiger partial charge in [-0.25, -0.2) is 4.98 Å². The number of nitrogens with zero attached hydrogens (tertiary/aromatic N) is 3. The molecule has 3 unspecified atom stereocenters. The van der Waals surface area contributed by atoms with Crippen molar-refractivity contribution in [2.24, 2.45) is 22.6 Å². The minimum atomic E-state index is -0.840. The predicted molar refractivity (Wildman–Crippen MR) is 107 cm³/mol. The van der Waals surface area contributed by atoms with E-state index < -0.39 is 11.8 Å². The van der Waals surface area contributed by atoms with Gasteiger partial charge >= 0.3 is 0 Å². The third kappa shape index (κ3) is 4.16. The highest BCUT2D eigenvalue weighted by Gasteiger charge is 2.29. The Morgan fingerprint density at radius 1 is 1.48 bits per heavy atom. The van der Waals surface area contributed by atoms with Gasteiger partial charge in [0.05, 0.1) is 29.3 Å². The summed E-state index contributed by atoms with van der Waals surface area (Å²) in [6.07, 6.45) is 5.31. The zero-order valence-corrected chi connectivity index (χ0v) is 15.3. The Kier molecular flexibility index (Phi) is 5.54. The normalized spacial score (nSPS) is 21.7. The first-order valence-electron chi connectivity index (χ1n) is 8.97. The van der Waals surface area contributed by atoms with Crippen LogP contribution in [0, 0.1) is 17.2 Å². The Labute approximate surface area is 158 Å². The van der Waals surface area contributed by atoms with Gasteiger partial charge < -0.3 is 26.8 Å². The van der Waals surface area contributed by atoms with Crippen LogP contribution in [0.3, 0.4) is 0 Å². The van der Waals surface area contributed by atoms with Crippen molar-refractivity contribution in [3.63, 3.8) is 0 Å². The fourth-order valence-electron chi connectivity index (χ4n) is 3.40. The van der Waals surface area contributed by atoms with Crippen molar-refractivity contribution in [1.29, 1.82) is 5.41 Å². The second-order valence-electron chi connectivity index (χ2n) is 6.87. The Bertz CT molecular complexity index is 813. The van der Waals surface area contributed by atoms with Gasteiger partial charge in [-0.15, -0.1) is 0 Å². The molecule has 1 aliphatic heterocycles. The molecule has 0 bridgehead atoms. The molecule has 142 valence electrons. The van der Waals surface area contributed by atoms with E-state index in [9.17, 15) is 4.79 Å². The van der Waals surface area contributed by atoms with Gasteiger partial charge in [0.2, 0.25) is 5.91 Å². The number of nitrogens with one attached hydrogen (secondary N) is 2. The van der Waals surface area contributed by atoms with E-state index in [1.807, 2.05) is 24.3 Å². The Balaban J connectivity index is 1.81. The number of primary amides is 1. The van der Waals surface area contributed by atoms with Crippen LogP contribution in [0.4, 0.5) is 11.5 Å². The molecule has 1 amide bonds. The highest BCUT2D eigenvalue weighted by Crippen LogP contribution is 2.25. The molecular formula is C19H25N7O. The van der Waals surface area contributed by atoms with Gasteiger partial charge in [-0.2, -0.15) is 0 Å². The first-order valence-corrected chi connectivity index (χ1v) is 8.97. The molecule has 0 spiro atoms. The zero-order valence-electron chi connectivity index (χ0n) is 15.3. The molecule has 6 N–H and O–H groups in total. The van der Waals surface area contributed by atoms with E-state index in [0.717, 1.165) is 37.2 Å². The van der Waals surface area contributed by atoms with E-state index >= 15 is 0 Å². The van der Waals surface area contributed by atoms with Crippen LogP contribution in [-0.4, -0.2) is 46.9 Å². The summed E-state index contributed by atoms with van der Waals surface area (Å²) in [5.41, 5.74) is 13.1. The molecule has 1 fully saturated rings. The maximum atomic E-state index is 11.8. The maximum absolute atomic E-state index is 11.8. The Morgan fingerprint density at radius 2 is 2.30 bits per heavy atom. The average Bonchev–Trinajstić information content (AvgIpc) is 3.17. The van der Waals surface area contributed by atoms with Gasteiger partial charge in [0.1, 0.15) is 11.7 Å². The van der Waals surface area contributed by atoms with E-state index in [2.05, 4.69) is 21.8 Å². The molecule has 8 nitrogen and oxygen atoms in total. The lowest BCUT2D eigenvalue weighted by Crippen LogP contribution is -2.43. The number of anilines is 2. The molecule has 0 aliphatic carbocycles. The van der Waals surface area contributed by atoms with Gasteiger partial charge in [-0.3, -0.25) is 9.79 Å².